The summed E-state index contributed by atoms with van der Waals surface area (Å²) in [6.07, 6.45) is 0. The van der Waals surface area contributed by atoms with Crippen LogP contribution in [-0.2, 0) is 4.74 Å². The van der Waals surface area contributed by atoms with Gasteiger partial charge in [0, 0.05) is 33.3 Å². The fourth-order valence-electron chi connectivity index (χ4n) is 1.91. The first-order valence-corrected chi connectivity index (χ1v) is 7.34. The second-order valence-electron chi connectivity index (χ2n) is 6.91. The molecule has 21 heavy (non-hydrogen) atoms. The summed E-state index contributed by atoms with van der Waals surface area (Å²) in [5.74, 6) is 0.851. The highest BCUT2D eigenvalue weighted by atomic mass is 127. The minimum Gasteiger partial charge on any atom is -0.377 e. The van der Waals surface area contributed by atoms with E-state index >= 15 is 0 Å². The maximum atomic E-state index is 5.41. The predicted molar refractivity (Wildman–Crippen MR) is 103 cm³/mol. The summed E-state index contributed by atoms with van der Waals surface area (Å²) in [6.45, 7) is 14.0. The lowest BCUT2D eigenvalue weighted by molar-refractivity contribution is 0.0268. The van der Waals surface area contributed by atoms with Crippen molar-refractivity contribution in [2.24, 2.45) is 10.4 Å². The molecular weight excluding hydrogens is 379 g/mol. The van der Waals surface area contributed by atoms with Gasteiger partial charge in [-0.15, -0.1) is 24.0 Å². The van der Waals surface area contributed by atoms with E-state index in [4.69, 9.17) is 4.74 Å². The molecule has 0 saturated heterocycles. The summed E-state index contributed by atoms with van der Waals surface area (Å²) in [4.78, 5) is 6.89. The monoisotopic (exact) mass is 414 g/mol. The van der Waals surface area contributed by atoms with Crippen LogP contribution < -0.4 is 10.6 Å². The van der Waals surface area contributed by atoms with Crippen LogP contribution in [0.4, 0.5) is 0 Å². The molecule has 0 bridgehead atoms. The second kappa shape index (κ2) is 10.6. The molecule has 0 aromatic carbocycles. The smallest absolute Gasteiger partial charge is 0.191 e. The summed E-state index contributed by atoms with van der Waals surface area (Å²) in [7, 11) is 5.91. The lowest BCUT2D eigenvalue weighted by Crippen LogP contribution is -2.45. The molecule has 128 valence electrons. The van der Waals surface area contributed by atoms with Crippen LogP contribution in [0.2, 0.25) is 0 Å². The van der Waals surface area contributed by atoms with Crippen LogP contribution in [0, 0.1) is 5.41 Å². The van der Waals surface area contributed by atoms with Crippen molar-refractivity contribution in [2.75, 3.05) is 47.4 Å². The first-order chi connectivity index (χ1) is 9.12. The molecule has 0 atom stereocenters. The van der Waals surface area contributed by atoms with Crippen LogP contribution in [0.15, 0.2) is 4.99 Å². The fourth-order valence-corrected chi connectivity index (χ4v) is 1.91. The fraction of sp³-hybridized carbons (Fsp3) is 0.933. The Labute approximate surface area is 148 Å². The maximum Gasteiger partial charge on any atom is 0.191 e. The Kier molecular flexibility index (Phi) is 11.7. The van der Waals surface area contributed by atoms with Crippen molar-refractivity contribution in [3.05, 3.63) is 0 Å². The van der Waals surface area contributed by atoms with Crippen LogP contribution in [0.3, 0.4) is 0 Å². The molecule has 0 aliphatic heterocycles. The highest BCUT2D eigenvalue weighted by Crippen LogP contribution is 2.16. The number of rotatable bonds is 8. The minimum absolute atomic E-state index is 0. The van der Waals surface area contributed by atoms with E-state index < -0.39 is 0 Å². The molecule has 0 unspecified atom stereocenters. The van der Waals surface area contributed by atoms with Crippen molar-refractivity contribution in [2.45, 2.75) is 40.2 Å². The third-order valence-electron chi connectivity index (χ3n) is 2.99. The Morgan fingerprint density at radius 3 is 2.14 bits per heavy atom. The number of hydrogen-bond acceptors (Lipinski definition) is 3. The normalized spacial score (nSPS) is 13.1. The molecule has 0 saturated carbocycles. The van der Waals surface area contributed by atoms with E-state index in [1.54, 1.807) is 7.11 Å². The van der Waals surface area contributed by atoms with Crippen molar-refractivity contribution >= 4 is 29.9 Å². The van der Waals surface area contributed by atoms with E-state index in [0.717, 1.165) is 32.1 Å². The van der Waals surface area contributed by atoms with E-state index in [2.05, 4.69) is 69.2 Å². The van der Waals surface area contributed by atoms with Gasteiger partial charge in [-0.05, 0) is 40.3 Å². The van der Waals surface area contributed by atoms with E-state index in [-0.39, 0.29) is 35.0 Å². The standard InChI is InChI=1S/C15H34N4O.HI/c1-9-16-13(18-11-15(4,5)20-8)17-10-14(2,3)12-19(6)7;/h9-12H2,1-8H3,(H2,16,17,18);1H. The Balaban J connectivity index is 0. The zero-order chi connectivity index (χ0) is 15.8. The van der Waals surface area contributed by atoms with Crippen molar-refractivity contribution in [3.63, 3.8) is 0 Å². The van der Waals surface area contributed by atoms with Gasteiger partial charge in [-0.2, -0.15) is 0 Å². The molecule has 0 fully saturated rings. The highest BCUT2D eigenvalue weighted by Gasteiger charge is 2.20. The van der Waals surface area contributed by atoms with Gasteiger partial charge in [-0.25, -0.2) is 0 Å². The number of guanidine groups is 1. The number of halogens is 1. The zero-order valence-electron chi connectivity index (χ0n) is 15.0. The molecule has 0 aliphatic rings. The number of ether oxygens (including phenoxy) is 1. The Morgan fingerprint density at radius 1 is 1.14 bits per heavy atom. The van der Waals surface area contributed by atoms with Crippen molar-refractivity contribution in [1.82, 2.24) is 15.5 Å². The van der Waals surface area contributed by atoms with Gasteiger partial charge in [-0.3, -0.25) is 4.99 Å². The first kappa shape index (κ1) is 23.2. The molecule has 0 aromatic heterocycles. The molecular formula is C15H35IN4O. The topological polar surface area (TPSA) is 48.9 Å². The number of methoxy groups -OCH3 is 1. The summed E-state index contributed by atoms with van der Waals surface area (Å²) >= 11 is 0. The molecule has 0 spiro atoms. The van der Waals surface area contributed by atoms with Crippen molar-refractivity contribution < 1.29 is 4.74 Å². The summed E-state index contributed by atoms with van der Waals surface area (Å²) in [5, 5.41) is 6.61. The van der Waals surface area contributed by atoms with E-state index in [0.29, 0.717) is 0 Å². The molecule has 0 heterocycles. The lowest BCUT2D eigenvalue weighted by atomic mass is 9.93. The van der Waals surface area contributed by atoms with Crippen molar-refractivity contribution in [3.8, 4) is 0 Å². The summed E-state index contributed by atoms with van der Waals surface area (Å²) < 4.78 is 5.41. The first-order valence-electron chi connectivity index (χ1n) is 7.34. The van der Waals surface area contributed by atoms with Crippen LogP contribution in [0.25, 0.3) is 0 Å². The minimum atomic E-state index is -0.199. The van der Waals surface area contributed by atoms with Crippen LogP contribution in [0.1, 0.15) is 34.6 Å². The van der Waals surface area contributed by atoms with Crippen LogP contribution in [-0.4, -0.2) is 63.8 Å². The lowest BCUT2D eigenvalue weighted by Gasteiger charge is -2.28. The van der Waals surface area contributed by atoms with E-state index in [9.17, 15) is 0 Å². The maximum absolute atomic E-state index is 5.41. The molecule has 0 aromatic rings. The molecule has 0 aliphatic carbocycles. The van der Waals surface area contributed by atoms with Crippen molar-refractivity contribution in [1.29, 1.82) is 0 Å². The van der Waals surface area contributed by atoms with Gasteiger partial charge in [0.2, 0.25) is 0 Å². The zero-order valence-corrected chi connectivity index (χ0v) is 17.4. The largest absolute Gasteiger partial charge is 0.377 e. The summed E-state index contributed by atoms with van der Waals surface area (Å²) in [6, 6.07) is 0. The van der Waals surface area contributed by atoms with Gasteiger partial charge in [0.15, 0.2) is 5.96 Å². The molecule has 6 heteroatoms. The van der Waals surface area contributed by atoms with Gasteiger partial charge < -0.3 is 20.3 Å². The number of aliphatic imine (C=N–C) groups is 1. The number of hydrogen-bond donors (Lipinski definition) is 2. The quantitative estimate of drug-likeness (QED) is 0.363. The Morgan fingerprint density at radius 2 is 1.71 bits per heavy atom. The predicted octanol–water partition coefficient (Wildman–Crippen LogP) is 2.17. The van der Waals surface area contributed by atoms with Gasteiger partial charge in [0.25, 0.3) is 0 Å². The van der Waals surface area contributed by atoms with Gasteiger partial charge in [-0.1, -0.05) is 13.8 Å². The van der Waals surface area contributed by atoms with Crippen LogP contribution >= 0.6 is 24.0 Å². The molecule has 2 N–H and O–H groups in total. The summed E-state index contributed by atoms with van der Waals surface area (Å²) in [5.41, 5.74) is -0.0437. The second-order valence-corrected chi connectivity index (χ2v) is 6.91. The molecule has 5 nitrogen and oxygen atoms in total. The van der Waals surface area contributed by atoms with Gasteiger partial charge in [0.05, 0.1) is 5.60 Å². The Hall–Kier alpha value is -0.0800. The van der Waals surface area contributed by atoms with E-state index in [1.165, 1.54) is 0 Å². The Bertz CT molecular complexity index is 304. The SMILES string of the molecule is CCNC(=NCC(C)(C)CN(C)C)NCC(C)(C)OC.I. The number of nitrogens with zero attached hydrogens (tertiary/aromatic N) is 2. The number of nitrogens with one attached hydrogen (secondary N) is 2. The highest BCUT2D eigenvalue weighted by molar-refractivity contribution is 14.0. The third kappa shape index (κ3) is 12.2. The van der Waals surface area contributed by atoms with Crippen LogP contribution in [0.5, 0.6) is 0 Å². The third-order valence-corrected chi connectivity index (χ3v) is 2.99. The molecule has 0 amide bonds. The van der Waals surface area contributed by atoms with E-state index in [1.807, 2.05) is 0 Å². The molecule has 0 radical (unpaired) electrons. The van der Waals surface area contributed by atoms with Gasteiger partial charge in [0.1, 0.15) is 0 Å². The van der Waals surface area contributed by atoms with Gasteiger partial charge >= 0.3 is 0 Å². The average Bonchev–Trinajstić information content (AvgIpc) is 2.31. The molecule has 0 rings (SSSR count). The average molecular weight is 414 g/mol.